The van der Waals surface area contributed by atoms with Crippen LogP contribution in [0.4, 0.5) is 5.69 Å². The molecule has 0 bridgehead atoms. The Morgan fingerprint density at radius 3 is 2.83 bits per heavy atom. The predicted molar refractivity (Wildman–Crippen MR) is 81.7 cm³/mol. The minimum Gasteiger partial charge on any atom is -0.331 e. The van der Waals surface area contributed by atoms with Crippen molar-refractivity contribution in [2.75, 3.05) is 5.32 Å². The maximum absolute atomic E-state index is 7.39. The van der Waals surface area contributed by atoms with Crippen LogP contribution < -0.4 is 10.7 Å². The number of hydrogen-bond acceptors (Lipinski definition) is 3. The molecular formula is C13H16N4S. The van der Waals surface area contributed by atoms with Gasteiger partial charge in [0, 0.05) is 24.0 Å². The van der Waals surface area contributed by atoms with Crippen LogP contribution in [-0.2, 0) is 0 Å². The van der Waals surface area contributed by atoms with Crippen LogP contribution in [0.5, 0.6) is 0 Å². The van der Waals surface area contributed by atoms with Gasteiger partial charge in [0.25, 0.3) is 0 Å². The molecule has 0 saturated carbocycles. The Bertz CT molecular complexity index is 460. The van der Waals surface area contributed by atoms with Crippen LogP contribution in [0.2, 0.25) is 0 Å². The van der Waals surface area contributed by atoms with E-state index in [0.717, 1.165) is 11.3 Å². The van der Waals surface area contributed by atoms with Crippen LogP contribution in [0, 0.1) is 5.41 Å². The van der Waals surface area contributed by atoms with Crippen molar-refractivity contribution in [3.05, 3.63) is 42.5 Å². The van der Waals surface area contributed by atoms with Crippen LogP contribution in [0.15, 0.2) is 42.0 Å². The van der Waals surface area contributed by atoms with Gasteiger partial charge in [-0.1, -0.05) is 24.3 Å². The fourth-order valence-electron chi connectivity index (χ4n) is 1.46. The number of rotatable bonds is 5. The first-order valence-electron chi connectivity index (χ1n) is 5.49. The lowest BCUT2D eigenvalue weighted by Gasteiger charge is -2.15. The molecule has 0 amide bonds. The highest BCUT2D eigenvalue weighted by molar-refractivity contribution is 7.80. The molecule has 18 heavy (non-hydrogen) atoms. The molecule has 94 valence electrons. The normalized spacial score (nSPS) is 11.8. The summed E-state index contributed by atoms with van der Waals surface area (Å²) in [4.78, 5) is 0. The first-order valence-corrected chi connectivity index (χ1v) is 5.90. The number of para-hydroxylation sites is 1. The molecule has 4 nitrogen and oxygen atoms in total. The van der Waals surface area contributed by atoms with Gasteiger partial charge in [0.2, 0.25) is 0 Å². The summed E-state index contributed by atoms with van der Waals surface area (Å²) in [6, 6.07) is 7.66. The largest absolute Gasteiger partial charge is 0.331 e. The van der Waals surface area contributed by atoms with E-state index in [4.69, 9.17) is 17.6 Å². The molecule has 3 N–H and O–H groups in total. The fourth-order valence-corrected chi connectivity index (χ4v) is 1.62. The van der Waals surface area contributed by atoms with Crippen LogP contribution in [0.1, 0.15) is 18.4 Å². The highest BCUT2D eigenvalue weighted by Crippen LogP contribution is 2.23. The van der Waals surface area contributed by atoms with E-state index < -0.39 is 0 Å². The van der Waals surface area contributed by atoms with Crippen LogP contribution in [-0.4, -0.2) is 17.5 Å². The summed E-state index contributed by atoms with van der Waals surface area (Å²) in [6.07, 6.45) is 4.67. The van der Waals surface area contributed by atoms with E-state index in [9.17, 15) is 0 Å². The molecule has 0 aliphatic rings. The molecule has 0 fully saturated rings. The maximum atomic E-state index is 7.39. The van der Waals surface area contributed by atoms with Crippen molar-refractivity contribution in [2.45, 2.75) is 12.8 Å². The highest BCUT2D eigenvalue weighted by Gasteiger charge is 2.09. The van der Waals surface area contributed by atoms with E-state index in [1.807, 2.05) is 24.3 Å². The van der Waals surface area contributed by atoms with Gasteiger partial charge in [0.1, 0.15) is 0 Å². The van der Waals surface area contributed by atoms with Gasteiger partial charge < -0.3 is 10.7 Å². The lowest BCUT2D eigenvalue weighted by atomic mass is 9.98. The molecule has 1 rings (SSSR count). The van der Waals surface area contributed by atoms with E-state index in [1.54, 1.807) is 19.2 Å². The van der Waals surface area contributed by atoms with Gasteiger partial charge >= 0.3 is 0 Å². The Morgan fingerprint density at radius 1 is 1.50 bits per heavy atom. The van der Waals surface area contributed by atoms with Gasteiger partial charge in [0.15, 0.2) is 5.11 Å². The first-order chi connectivity index (χ1) is 8.72. The van der Waals surface area contributed by atoms with Crippen molar-refractivity contribution < 1.29 is 0 Å². The molecule has 1 unspecified atom stereocenters. The molecule has 5 heteroatoms. The summed E-state index contributed by atoms with van der Waals surface area (Å²) < 4.78 is 0. The summed E-state index contributed by atoms with van der Waals surface area (Å²) in [6.45, 7) is 5.53. The molecule has 0 aliphatic heterocycles. The number of benzene rings is 1. The van der Waals surface area contributed by atoms with Gasteiger partial charge in [-0.05, 0) is 30.8 Å². The Labute approximate surface area is 112 Å². The van der Waals surface area contributed by atoms with E-state index in [1.165, 1.54) is 6.21 Å². The van der Waals surface area contributed by atoms with Crippen molar-refractivity contribution in [3.8, 4) is 0 Å². The van der Waals surface area contributed by atoms with Gasteiger partial charge in [-0.2, -0.15) is 5.10 Å². The summed E-state index contributed by atoms with van der Waals surface area (Å²) >= 11 is 5.10. The van der Waals surface area contributed by atoms with E-state index >= 15 is 0 Å². The lowest BCUT2D eigenvalue weighted by molar-refractivity contribution is 1.05. The molecular weight excluding hydrogens is 244 g/mol. The van der Waals surface area contributed by atoms with Gasteiger partial charge in [0.05, 0.1) is 0 Å². The summed E-state index contributed by atoms with van der Waals surface area (Å²) in [5.74, 6) is -0.133. The molecule has 1 aromatic rings. The third-order valence-corrected chi connectivity index (χ3v) is 2.49. The second kappa shape index (κ2) is 7.34. The number of hydrazone groups is 1. The average Bonchev–Trinajstić information content (AvgIpc) is 2.39. The lowest BCUT2D eigenvalue weighted by Crippen LogP contribution is -2.24. The number of nitrogens with one attached hydrogen (secondary N) is 3. The first kappa shape index (κ1) is 14.1. The minimum atomic E-state index is -0.133. The van der Waals surface area contributed by atoms with Crippen molar-refractivity contribution in [2.24, 2.45) is 5.10 Å². The zero-order valence-electron chi connectivity index (χ0n) is 10.2. The Hall–Kier alpha value is -2.01. The standard InChI is InChI=1S/C13H16N4S/c1-3-10(9-14)11-7-5-6-8-12(11)16-13(18)17-15-4-2/h3-10,14H,1H2,2H3,(H2,16,17,18)/b14-9?,15-4+. The van der Waals surface area contributed by atoms with E-state index in [-0.39, 0.29) is 5.92 Å². The second-order valence-electron chi connectivity index (χ2n) is 3.47. The monoisotopic (exact) mass is 260 g/mol. The molecule has 1 atom stereocenters. The zero-order valence-corrected chi connectivity index (χ0v) is 11.0. The third-order valence-electron chi connectivity index (χ3n) is 2.30. The molecule has 0 saturated heterocycles. The number of hydrogen-bond donors (Lipinski definition) is 3. The molecule has 0 aliphatic carbocycles. The van der Waals surface area contributed by atoms with Crippen molar-refractivity contribution in [1.29, 1.82) is 5.41 Å². The molecule has 0 heterocycles. The number of allylic oxidation sites excluding steroid dienone is 1. The molecule has 0 spiro atoms. The van der Waals surface area contributed by atoms with E-state index in [0.29, 0.717) is 5.11 Å². The molecule has 0 radical (unpaired) electrons. The van der Waals surface area contributed by atoms with Gasteiger partial charge in [-0.3, -0.25) is 5.43 Å². The van der Waals surface area contributed by atoms with Crippen molar-refractivity contribution in [1.82, 2.24) is 5.43 Å². The van der Waals surface area contributed by atoms with Gasteiger partial charge in [-0.15, -0.1) is 6.58 Å². The Balaban J connectivity index is 2.91. The minimum absolute atomic E-state index is 0.133. The maximum Gasteiger partial charge on any atom is 0.191 e. The highest BCUT2D eigenvalue weighted by atomic mass is 32.1. The summed E-state index contributed by atoms with van der Waals surface area (Å²) in [7, 11) is 0. The SMILES string of the molecule is C=CC(C=N)c1ccccc1NC(=S)N/N=C/C. The molecule has 1 aromatic carbocycles. The van der Waals surface area contributed by atoms with Crippen LogP contribution in [0.3, 0.4) is 0 Å². The van der Waals surface area contributed by atoms with Crippen molar-refractivity contribution >= 4 is 35.4 Å². The Morgan fingerprint density at radius 2 is 2.22 bits per heavy atom. The van der Waals surface area contributed by atoms with Crippen LogP contribution >= 0.6 is 12.2 Å². The number of nitrogens with zero attached hydrogens (tertiary/aromatic N) is 1. The predicted octanol–water partition coefficient (Wildman–Crippen LogP) is 2.90. The average molecular weight is 260 g/mol. The number of thiocarbonyl (C=S) groups is 1. The summed E-state index contributed by atoms with van der Waals surface area (Å²) in [5, 5.41) is 14.7. The quantitative estimate of drug-likeness (QED) is 0.330. The van der Waals surface area contributed by atoms with Crippen LogP contribution in [0.25, 0.3) is 0 Å². The summed E-state index contributed by atoms with van der Waals surface area (Å²) in [5.41, 5.74) is 4.48. The van der Waals surface area contributed by atoms with Crippen molar-refractivity contribution in [3.63, 3.8) is 0 Å². The van der Waals surface area contributed by atoms with E-state index in [2.05, 4.69) is 22.4 Å². The molecule has 0 aromatic heterocycles. The zero-order chi connectivity index (χ0) is 13.4. The number of anilines is 1. The second-order valence-corrected chi connectivity index (χ2v) is 3.88. The topological polar surface area (TPSA) is 60.3 Å². The van der Waals surface area contributed by atoms with Gasteiger partial charge in [-0.25, -0.2) is 0 Å². The fraction of sp³-hybridized carbons (Fsp3) is 0.154. The Kier molecular flexibility index (Phi) is 5.73. The third kappa shape index (κ3) is 3.78. The smallest absolute Gasteiger partial charge is 0.191 e.